The number of hydrogen-bond donors (Lipinski definition) is 2. The van der Waals surface area contributed by atoms with Gasteiger partial charge in [0.1, 0.15) is 11.3 Å². The minimum absolute atomic E-state index is 0.101. The third-order valence-corrected chi connectivity index (χ3v) is 4.30. The molecule has 0 fully saturated rings. The molecular weight excluding hydrogens is 290 g/mol. The van der Waals surface area contributed by atoms with Crippen molar-refractivity contribution in [2.75, 3.05) is 6.61 Å². The normalized spacial score (nSPS) is 12.9. The first-order chi connectivity index (χ1) is 11.1. The zero-order chi connectivity index (χ0) is 16.4. The molecule has 0 amide bonds. The van der Waals surface area contributed by atoms with Gasteiger partial charge in [0.05, 0.1) is 24.9 Å². The molecule has 1 atom stereocenters. The number of fused-ring (bicyclic) bond motifs is 1. The van der Waals surface area contributed by atoms with Gasteiger partial charge in [-0.3, -0.25) is 4.68 Å². The van der Waals surface area contributed by atoms with Crippen molar-refractivity contribution in [1.82, 2.24) is 15.1 Å². The lowest BCUT2D eigenvalue weighted by Gasteiger charge is -2.11. The Bertz CT molecular complexity index is 771. The van der Waals surface area contributed by atoms with Gasteiger partial charge in [-0.2, -0.15) is 5.10 Å². The highest BCUT2D eigenvalue weighted by Gasteiger charge is 2.15. The largest absolute Gasteiger partial charge is 0.459 e. The number of hydrogen-bond acceptors (Lipinski definition) is 4. The van der Waals surface area contributed by atoms with E-state index in [1.807, 2.05) is 36.7 Å². The van der Waals surface area contributed by atoms with Crippen molar-refractivity contribution in [2.45, 2.75) is 39.9 Å². The fourth-order valence-electron chi connectivity index (χ4n) is 2.87. The summed E-state index contributed by atoms with van der Waals surface area (Å²) in [6.07, 6.45) is 0. The second-order valence-electron chi connectivity index (χ2n) is 5.89. The molecule has 23 heavy (non-hydrogen) atoms. The fourth-order valence-corrected chi connectivity index (χ4v) is 2.87. The molecule has 0 unspecified atom stereocenters. The maximum Gasteiger partial charge on any atom is 0.134 e. The van der Waals surface area contributed by atoms with Crippen LogP contribution >= 0.6 is 0 Å². The van der Waals surface area contributed by atoms with E-state index in [0.29, 0.717) is 6.54 Å². The molecule has 0 aliphatic heterocycles. The standard InChI is InChI=1S/C18H23N3O2/c1-12-16(14(3)21(20-12)8-9-22)11-19-13(2)18-10-15-6-4-5-7-17(15)23-18/h4-7,10,13,19,22H,8-9,11H2,1-3H3/t13-/m0/s1. The molecule has 0 saturated carbocycles. The van der Waals surface area contributed by atoms with Crippen molar-refractivity contribution in [3.05, 3.63) is 53.0 Å². The highest BCUT2D eigenvalue weighted by atomic mass is 16.3. The number of aliphatic hydroxyl groups excluding tert-OH is 1. The minimum Gasteiger partial charge on any atom is -0.459 e. The Morgan fingerprint density at radius 2 is 2.09 bits per heavy atom. The number of nitrogens with one attached hydrogen (secondary N) is 1. The molecule has 0 bridgehead atoms. The number of aromatic nitrogens is 2. The molecule has 3 aromatic rings. The fraction of sp³-hybridized carbons (Fsp3) is 0.389. The first kappa shape index (κ1) is 15.8. The Kier molecular flexibility index (Phi) is 4.50. The van der Waals surface area contributed by atoms with E-state index < -0.39 is 0 Å². The summed E-state index contributed by atoms with van der Waals surface area (Å²) < 4.78 is 7.77. The second kappa shape index (κ2) is 6.56. The number of aryl methyl sites for hydroxylation is 1. The predicted octanol–water partition coefficient (Wildman–Crippen LogP) is 3.09. The van der Waals surface area contributed by atoms with Crippen molar-refractivity contribution in [2.24, 2.45) is 0 Å². The van der Waals surface area contributed by atoms with Crippen molar-refractivity contribution in [1.29, 1.82) is 0 Å². The van der Waals surface area contributed by atoms with E-state index in [0.717, 1.165) is 34.7 Å². The van der Waals surface area contributed by atoms with Crippen LogP contribution in [0.25, 0.3) is 11.0 Å². The van der Waals surface area contributed by atoms with Crippen LogP contribution in [0.4, 0.5) is 0 Å². The molecule has 2 aromatic heterocycles. The first-order valence-corrected chi connectivity index (χ1v) is 7.95. The van der Waals surface area contributed by atoms with Crippen molar-refractivity contribution in [3.8, 4) is 0 Å². The molecule has 1 aromatic carbocycles. The molecule has 0 aliphatic rings. The molecule has 0 saturated heterocycles. The number of aliphatic hydroxyl groups is 1. The van der Waals surface area contributed by atoms with Crippen LogP contribution in [0.3, 0.4) is 0 Å². The quantitative estimate of drug-likeness (QED) is 0.734. The van der Waals surface area contributed by atoms with Crippen LogP contribution in [0.15, 0.2) is 34.7 Å². The lowest BCUT2D eigenvalue weighted by molar-refractivity contribution is 0.267. The van der Waals surface area contributed by atoms with Crippen molar-refractivity contribution in [3.63, 3.8) is 0 Å². The van der Waals surface area contributed by atoms with Gasteiger partial charge in [-0.1, -0.05) is 18.2 Å². The summed E-state index contributed by atoms with van der Waals surface area (Å²) in [4.78, 5) is 0. The van der Waals surface area contributed by atoms with Crippen LogP contribution in [-0.4, -0.2) is 21.5 Å². The number of rotatable bonds is 6. The minimum atomic E-state index is 0.101. The van der Waals surface area contributed by atoms with E-state index >= 15 is 0 Å². The average molecular weight is 313 g/mol. The third-order valence-electron chi connectivity index (χ3n) is 4.30. The summed E-state index contributed by atoms with van der Waals surface area (Å²) in [6.45, 7) is 7.50. The number of furan rings is 1. The molecule has 0 spiro atoms. The Morgan fingerprint density at radius 3 is 2.83 bits per heavy atom. The monoisotopic (exact) mass is 313 g/mol. The summed E-state index contributed by atoms with van der Waals surface area (Å²) in [5, 5.41) is 18.2. The number of benzene rings is 1. The molecule has 5 heteroatoms. The smallest absolute Gasteiger partial charge is 0.134 e. The topological polar surface area (TPSA) is 63.2 Å². The van der Waals surface area contributed by atoms with Gasteiger partial charge in [-0.15, -0.1) is 0 Å². The van der Waals surface area contributed by atoms with E-state index in [1.54, 1.807) is 0 Å². The Morgan fingerprint density at radius 1 is 1.30 bits per heavy atom. The zero-order valence-electron chi connectivity index (χ0n) is 13.8. The lowest BCUT2D eigenvalue weighted by atomic mass is 10.1. The second-order valence-corrected chi connectivity index (χ2v) is 5.89. The van der Waals surface area contributed by atoms with Gasteiger partial charge in [-0.05, 0) is 32.9 Å². The number of para-hydroxylation sites is 1. The summed E-state index contributed by atoms with van der Waals surface area (Å²) in [5.74, 6) is 0.934. The third kappa shape index (κ3) is 3.16. The maximum absolute atomic E-state index is 9.09. The molecule has 3 rings (SSSR count). The van der Waals surface area contributed by atoms with Gasteiger partial charge < -0.3 is 14.8 Å². The Labute approximate surface area is 135 Å². The zero-order valence-corrected chi connectivity index (χ0v) is 13.8. The van der Waals surface area contributed by atoms with Gasteiger partial charge >= 0.3 is 0 Å². The van der Waals surface area contributed by atoms with Crippen molar-refractivity contribution >= 4 is 11.0 Å². The van der Waals surface area contributed by atoms with Crippen LogP contribution < -0.4 is 5.32 Å². The van der Waals surface area contributed by atoms with Crippen LogP contribution in [0.1, 0.15) is 35.7 Å². The van der Waals surface area contributed by atoms with Gasteiger partial charge in [0, 0.05) is 23.2 Å². The molecular formula is C18H23N3O2. The molecule has 0 radical (unpaired) electrons. The van der Waals surface area contributed by atoms with Crippen LogP contribution in [-0.2, 0) is 13.1 Å². The Balaban J connectivity index is 1.72. The highest BCUT2D eigenvalue weighted by Crippen LogP contribution is 2.24. The van der Waals surface area contributed by atoms with Gasteiger partial charge in [0.15, 0.2) is 0 Å². The molecule has 2 heterocycles. The first-order valence-electron chi connectivity index (χ1n) is 7.95. The molecule has 0 aliphatic carbocycles. The predicted molar refractivity (Wildman–Crippen MR) is 90.3 cm³/mol. The summed E-state index contributed by atoms with van der Waals surface area (Å²) in [6, 6.07) is 10.2. The summed E-state index contributed by atoms with van der Waals surface area (Å²) >= 11 is 0. The molecule has 2 N–H and O–H groups in total. The molecule has 5 nitrogen and oxygen atoms in total. The van der Waals surface area contributed by atoms with Crippen LogP contribution in [0.5, 0.6) is 0 Å². The van der Waals surface area contributed by atoms with Gasteiger partial charge in [0.25, 0.3) is 0 Å². The average Bonchev–Trinajstić information content (AvgIpc) is 3.08. The Hall–Kier alpha value is -2.11. The highest BCUT2D eigenvalue weighted by molar-refractivity contribution is 5.77. The lowest BCUT2D eigenvalue weighted by Crippen LogP contribution is -2.18. The van der Waals surface area contributed by atoms with E-state index in [4.69, 9.17) is 9.52 Å². The van der Waals surface area contributed by atoms with Crippen molar-refractivity contribution < 1.29 is 9.52 Å². The van der Waals surface area contributed by atoms with Crippen LogP contribution in [0, 0.1) is 13.8 Å². The summed E-state index contributed by atoms with van der Waals surface area (Å²) in [7, 11) is 0. The number of nitrogens with zero attached hydrogens (tertiary/aromatic N) is 2. The maximum atomic E-state index is 9.09. The summed E-state index contributed by atoms with van der Waals surface area (Å²) in [5.41, 5.74) is 4.20. The SMILES string of the molecule is Cc1nn(CCO)c(C)c1CN[C@@H](C)c1cc2ccccc2o1. The molecule has 122 valence electrons. The van der Waals surface area contributed by atoms with E-state index in [-0.39, 0.29) is 12.6 Å². The van der Waals surface area contributed by atoms with E-state index in [9.17, 15) is 0 Å². The van der Waals surface area contributed by atoms with Gasteiger partial charge in [0.2, 0.25) is 0 Å². The van der Waals surface area contributed by atoms with E-state index in [1.165, 1.54) is 5.56 Å². The van der Waals surface area contributed by atoms with E-state index in [2.05, 4.69) is 29.5 Å². The van der Waals surface area contributed by atoms with Crippen LogP contribution in [0.2, 0.25) is 0 Å². The van der Waals surface area contributed by atoms with Gasteiger partial charge in [-0.25, -0.2) is 0 Å².